The van der Waals surface area contributed by atoms with Crippen LogP contribution in [0.4, 0.5) is 11.5 Å². The van der Waals surface area contributed by atoms with E-state index in [-0.39, 0.29) is 17.7 Å². The lowest BCUT2D eigenvalue weighted by molar-refractivity contribution is 0.102. The molecule has 0 saturated heterocycles. The SMILES string of the molecule is CC(C)CCNc1cnc(C(=O)Nc2ccc(OC(C)C)cc2)cn1. The predicted octanol–water partition coefficient (Wildman–Crippen LogP) is 3.97. The summed E-state index contributed by atoms with van der Waals surface area (Å²) in [5.74, 6) is 1.78. The number of carbonyl (C=O) groups excluding carboxylic acids is 1. The maximum absolute atomic E-state index is 12.2. The molecule has 0 aliphatic heterocycles. The number of aromatic nitrogens is 2. The third kappa shape index (κ3) is 6.41. The summed E-state index contributed by atoms with van der Waals surface area (Å²) < 4.78 is 5.58. The molecule has 6 heteroatoms. The van der Waals surface area contributed by atoms with Crippen LogP contribution in [0, 0.1) is 5.92 Å². The Balaban J connectivity index is 1.89. The van der Waals surface area contributed by atoms with E-state index in [0.717, 1.165) is 18.7 Å². The molecule has 0 fully saturated rings. The number of nitrogens with zero attached hydrogens (tertiary/aromatic N) is 2. The number of rotatable bonds is 8. The lowest BCUT2D eigenvalue weighted by atomic mass is 10.1. The summed E-state index contributed by atoms with van der Waals surface area (Å²) in [4.78, 5) is 20.6. The standard InChI is InChI=1S/C19H26N4O2/c1-13(2)9-10-20-18-12-21-17(11-22-18)19(24)23-15-5-7-16(8-6-15)25-14(3)4/h5-8,11-14H,9-10H2,1-4H3,(H,20,22)(H,23,24). The molecule has 1 aromatic carbocycles. The Labute approximate surface area is 149 Å². The summed E-state index contributed by atoms with van der Waals surface area (Å²) in [6.07, 6.45) is 4.22. The number of benzene rings is 1. The lowest BCUT2D eigenvalue weighted by Crippen LogP contribution is -2.15. The molecule has 2 rings (SSSR count). The Bertz CT molecular complexity index is 667. The van der Waals surface area contributed by atoms with E-state index in [4.69, 9.17) is 4.74 Å². The van der Waals surface area contributed by atoms with E-state index in [0.29, 0.717) is 17.4 Å². The maximum atomic E-state index is 12.2. The van der Waals surface area contributed by atoms with Crippen molar-refractivity contribution in [3.05, 3.63) is 42.4 Å². The van der Waals surface area contributed by atoms with Crippen molar-refractivity contribution < 1.29 is 9.53 Å². The minimum atomic E-state index is -0.293. The number of hydrogen-bond donors (Lipinski definition) is 2. The van der Waals surface area contributed by atoms with Crippen molar-refractivity contribution in [2.45, 2.75) is 40.2 Å². The Hall–Kier alpha value is -2.63. The first-order chi connectivity index (χ1) is 11.9. The van der Waals surface area contributed by atoms with Gasteiger partial charge in [0.2, 0.25) is 0 Å². The molecule has 0 aliphatic rings. The molecule has 0 saturated carbocycles. The van der Waals surface area contributed by atoms with Gasteiger partial charge in [-0.2, -0.15) is 0 Å². The van der Waals surface area contributed by atoms with Crippen LogP contribution < -0.4 is 15.4 Å². The topological polar surface area (TPSA) is 76.1 Å². The predicted molar refractivity (Wildman–Crippen MR) is 100 cm³/mol. The van der Waals surface area contributed by atoms with Crippen molar-refractivity contribution >= 4 is 17.4 Å². The van der Waals surface area contributed by atoms with Crippen LogP contribution in [0.1, 0.15) is 44.6 Å². The van der Waals surface area contributed by atoms with Crippen LogP contribution in [0.5, 0.6) is 5.75 Å². The van der Waals surface area contributed by atoms with Gasteiger partial charge in [-0.15, -0.1) is 0 Å². The molecule has 1 amide bonds. The highest BCUT2D eigenvalue weighted by atomic mass is 16.5. The summed E-state index contributed by atoms with van der Waals surface area (Å²) >= 11 is 0. The quantitative estimate of drug-likeness (QED) is 0.759. The van der Waals surface area contributed by atoms with E-state index in [1.807, 2.05) is 26.0 Å². The van der Waals surface area contributed by atoms with E-state index in [9.17, 15) is 4.79 Å². The van der Waals surface area contributed by atoms with Gasteiger partial charge in [0.25, 0.3) is 5.91 Å². The van der Waals surface area contributed by atoms with E-state index in [2.05, 4.69) is 34.4 Å². The van der Waals surface area contributed by atoms with Gasteiger partial charge < -0.3 is 15.4 Å². The summed E-state index contributed by atoms with van der Waals surface area (Å²) in [5, 5.41) is 5.99. The molecule has 0 spiro atoms. The average Bonchev–Trinajstić information content (AvgIpc) is 2.56. The molecule has 1 heterocycles. The van der Waals surface area contributed by atoms with Crippen LogP contribution in [0.25, 0.3) is 0 Å². The Morgan fingerprint density at radius 3 is 2.36 bits per heavy atom. The molecule has 6 nitrogen and oxygen atoms in total. The van der Waals surface area contributed by atoms with Gasteiger partial charge in [-0.05, 0) is 50.5 Å². The third-order valence-electron chi connectivity index (χ3n) is 3.40. The zero-order valence-electron chi connectivity index (χ0n) is 15.2. The van der Waals surface area contributed by atoms with Gasteiger partial charge in [0, 0.05) is 12.2 Å². The zero-order chi connectivity index (χ0) is 18.2. The maximum Gasteiger partial charge on any atom is 0.275 e. The second-order valence-electron chi connectivity index (χ2n) is 6.54. The van der Waals surface area contributed by atoms with Crippen molar-refractivity contribution in [3.63, 3.8) is 0 Å². The second-order valence-corrected chi connectivity index (χ2v) is 6.54. The van der Waals surface area contributed by atoms with E-state index < -0.39 is 0 Å². The highest BCUT2D eigenvalue weighted by Gasteiger charge is 2.09. The first-order valence-electron chi connectivity index (χ1n) is 8.58. The Morgan fingerprint density at radius 2 is 1.80 bits per heavy atom. The Kier molecular flexibility index (Phi) is 6.74. The minimum absolute atomic E-state index is 0.114. The number of amides is 1. The van der Waals surface area contributed by atoms with Gasteiger partial charge in [0.1, 0.15) is 17.3 Å². The fraction of sp³-hybridized carbons (Fsp3) is 0.421. The highest BCUT2D eigenvalue weighted by molar-refractivity contribution is 6.02. The monoisotopic (exact) mass is 342 g/mol. The number of anilines is 2. The average molecular weight is 342 g/mol. The van der Waals surface area contributed by atoms with Crippen molar-refractivity contribution in [1.29, 1.82) is 0 Å². The minimum Gasteiger partial charge on any atom is -0.491 e. The summed E-state index contributed by atoms with van der Waals surface area (Å²) in [6.45, 7) is 9.11. The fourth-order valence-electron chi connectivity index (χ4n) is 2.11. The summed E-state index contributed by atoms with van der Waals surface area (Å²) in [5.41, 5.74) is 0.957. The number of ether oxygens (including phenoxy) is 1. The number of hydrogen-bond acceptors (Lipinski definition) is 5. The van der Waals surface area contributed by atoms with Crippen LogP contribution in [-0.2, 0) is 0 Å². The molecule has 2 aromatic rings. The molecule has 0 radical (unpaired) electrons. The molecule has 0 atom stereocenters. The molecule has 1 aromatic heterocycles. The molecule has 0 unspecified atom stereocenters. The van der Waals surface area contributed by atoms with Gasteiger partial charge >= 0.3 is 0 Å². The molecular formula is C19H26N4O2. The number of carbonyl (C=O) groups is 1. The van der Waals surface area contributed by atoms with E-state index >= 15 is 0 Å². The van der Waals surface area contributed by atoms with E-state index in [1.165, 1.54) is 6.20 Å². The largest absolute Gasteiger partial charge is 0.491 e. The third-order valence-corrected chi connectivity index (χ3v) is 3.40. The van der Waals surface area contributed by atoms with Gasteiger partial charge in [-0.25, -0.2) is 9.97 Å². The van der Waals surface area contributed by atoms with Gasteiger partial charge in [-0.1, -0.05) is 13.8 Å². The van der Waals surface area contributed by atoms with Crippen LogP contribution in [0.3, 0.4) is 0 Å². The first-order valence-corrected chi connectivity index (χ1v) is 8.58. The molecule has 0 bridgehead atoms. The van der Waals surface area contributed by atoms with Crippen LogP contribution >= 0.6 is 0 Å². The lowest BCUT2D eigenvalue weighted by Gasteiger charge is -2.10. The van der Waals surface area contributed by atoms with Crippen LogP contribution in [-0.4, -0.2) is 28.5 Å². The highest BCUT2D eigenvalue weighted by Crippen LogP contribution is 2.17. The molecular weight excluding hydrogens is 316 g/mol. The zero-order valence-corrected chi connectivity index (χ0v) is 15.2. The summed E-state index contributed by atoms with van der Waals surface area (Å²) in [6, 6.07) is 7.24. The molecule has 2 N–H and O–H groups in total. The smallest absolute Gasteiger partial charge is 0.275 e. The number of nitrogens with one attached hydrogen (secondary N) is 2. The molecule has 25 heavy (non-hydrogen) atoms. The molecule has 134 valence electrons. The van der Waals surface area contributed by atoms with Crippen molar-refractivity contribution in [1.82, 2.24) is 9.97 Å². The van der Waals surface area contributed by atoms with E-state index in [1.54, 1.807) is 18.3 Å². The van der Waals surface area contributed by atoms with Crippen molar-refractivity contribution in [2.24, 2.45) is 5.92 Å². The molecule has 0 aliphatic carbocycles. The normalized spacial score (nSPS) is 10.8. The fourth-order valence-corrected chi connectivity index (χ4v) is 2.11. The van der Waals surface area contributed by atoms with Gasteiger partial charge in [0.05, 0.1) is 18.5 Å². The first kappa shape index (κ1) is 18.7. The van der Waals surface area contributed by atoms with Crippen LogP contribution in [0.15, 0.2) is 36.7 Å². The Morgan fingerprint density at radius 1 is 1.08 bits per heavy atom. The van der Waals surface area contributed by atoms with Crippen molar-refractivity contribution in [2.75, 3.05) is 17.2 Å². The summed E-state index contributed by atoms with van der Waals surface area (Å²) in [7, 11) is 0. The second kappa shape index (κ2) is 9.01. The van der Waals surface area contributed by atoms with Crippen molar-refractivity contribution in [3.8, 4) is 5.75 Å². The van der Waals surface area contributed by atoms with Gasteiger partial charge in [0.15, 0.2) is 0 Å². The van der Waals surface area contributed by atoms with Gasteiger partial charge in [-0.3, -0.25) is 4.79 Å². The van der Waals surface area contributed by atoms with Crippen LogP contribution in [0.2, 0.25) is 0 Å².